The number of nitrogens with zero attached hydrogens (tertiary/aromatic N) is 2. The molecular weight excluding hydrogens is 412 g/mol. The molecule has 0 radical (unpaired) electrons. The van der Waals surface area contributed by atoms with Crippen molar-refractivity contribution in [3.63, 3.8) is 0 Å². The van der Waals surface area contributed by atoms with Crippen LogP contribution in [-0.2, 0) is 11.3 Å². The van der Waals surface area contributed by atoms with Gasteiger partial charge in [-0.25, -0.2) is 9.59 Å². The molecule has 1 atom stereocenters. The van der Waals surface area contributed by atoms with Crippen molar-refractivity contribution >= 4 is 23.7 Å². The van der Waals surface area contributed by atoms with E-state index in [0.29, 0.717) is 13.1 Å². The van der Waals surface area contributed by atoms with Gasteiger partial charge in [-0.15, -0.1) is 0 Å². The van der Waals surface area contributed by atoms with Gasteiger partial charge in [-0.1, -0.05) is 24.4 Å². The number of ether oxygens (including phenoxy) is 1. The molecule has 0 bridgehead atoms. The van der Waals surface area contributed by atoms with Crippen LogP contribution in [-0.4, -0.2) is 56.0 Å². The average molecular weight is 441 g/mol. The number of rotatable bonds is 3. The van der Waals surface area contributed by atoms with E-state index in [9.17, 15) is 24.6 Å². The second-order valence-electron chi connectivity index (χ2n) is 9.48. The molecule has 1 amide bonds. The minimum Gasteiger partial charge on any atom is -0.478 e. The van der Waals surface area contributed by atoms with E-state index in [1.807, 2.05) is 20.8 Å². The minimum absolute atomic E-state index is 0.0502. The number of carbonyl (C=O) groups excluding carboxylic acids is 1. The molecule has 0 aromatic carbocycles. The van der Waals surface area contributed by atoms with E-state index >= 15 is 0 Å². The van der Waals surface area contributed by atoms with E-state index in [1.54, 1.807) is 4.90 Å². The number of amides is 1. The van der Waals surface area contributed by atoms with Crippen molar-refractivity contribution in [2.24, 2.45) is 5.41 Å². The minimum atomic E-state index is -1.25. The molecule has 1 spiro atoms. The molecular formula is C21H29ClN2O6. The number of aromatic nitrogens is 1. The van der Waals surface area contributed by atoms with Gasteiger partial charge in [0.2, 0.25) is 0 Å². The summed E-state index contributed by atoms with van der Waals surface area (Å²) in [6, 6.07) is 1.06. The molecule has 1 saturated carbocycles. The third kappa shape index (κ3) is 4.34. The fourth-order valence-corrected chi connectivity index (χ4v) is 4.92. The van der Waals surface area contributed by atoms with Crippen LogP contribution in [0.2, 0.25) is 5.02 Å². The number of pyridine rings is 1. The van der Waals surface area contributed by atoms with Crippen LogP contribution in [0.15, 0.2) is 17.1 Å². The summed E-state index contributed by atoms with van der Waals surface area (Å²) in [5, 5.41) is 20.9. The summed E-state index contributed by atoms with van der Waals surface area (Å²) in [6.07, 6.45) is 4.32. The highest BCUT2D eigenvalue weighted by Crippen LogP contribution is 2.51. The summed E-state index contributed by atoms with van der Waals surface area (Å²) in [6.45, 7) is 6.01. The molecule has 166 valence electrons. The highest BCUT2D eigenvalue weighted by atomic mass is 35.5. The maximum Gasteiger partial charge on any atom is 0.410 e. The Morgan fingerprint density at radius 2 is 1.87 bits per heavy atom. The molecule has 1 unspecified atom stereocenters. The van der Waals surface area contributed by atoms with Gasteiger partial charge in [-0.2, -0.15) is 0 Å². The number of aromatic carboxylic acids is 1. The highest BCUT2D eigenvalue weighted by molar-refractivity contribution is 6.33. The van der Waals surface area contributed by atoms with Crippen LogP contribution in [0, 0.1) is 5.41 Å². The van der Waals surface area contributed by atoms with Crippen LogP contribution >= 0.6 is 11.6 Å². The van der Waals surface area contributed by atoms with Gasteiger partial charge in [0.1, 0.15) is 5.60 Å². The van der Waals surface area contributed by atoms with Crippen molar-refractivity contribution in [2.75, 3.05) is 13.1 Å². The lowest BCUT2D eigenvalue weighted by Gasteiger charge is -2.52. The summed E-state index contributed by atoms with van der Waals surface area (Å²) in [7, 11) is 0. The molecule has 1 saturated heterocycles. The molecule has 2 heterocycles. The lowest BCUT2D eigenvalue weighted by Crippen LogP contribution is -2.62. The molecule has 1 aliphatic heterocycles. The third-order valence-corrected chi connectivity index (χ3v) is 6.54. The Hall–Kier alpha value is -2.06. The average Bonchev–Trinajstić information content (AvgIpc) is 3.08. The first-order valence-electron chi connectivity index (χ1n) is 10.2. The molecule has 30 heavy (non-hydrogen) atoms. The van der Waals surface area contributed by atoms with Crippen LogP contribution in [0.1, 0.15) is 63.2 Å². The van der Waals surface area contributed by atoms with Crippen molar-refractivity contribution in [1.29, 1.82) is 0 Å². The van der Waals surface area contributed by atoms with Gasteiger partial charge >= 0.3 is 12.1 Å². The summed E-state index contributed by atoms with van der Waals surface area (Å²) < 4.78 is 6.73. The predicted molar refractivity (Wildman–Crippen MR) is 111 cm³/mol. The Morgan fingerprint density at radius 3 is 2.43 bits per heavy atom. The number of carboxylic acids is 1. The van der Waals surface area contributed by atoms with Crippen molar-refractivity contribution in [3.8, 4) is 0 Å². The Labute approximate surface area is 180 Å². The van der Waals surface area contributed by atoms with Crippen molar-refractivity contribution in [3.05, 3.63) is 33.2 Å². The smallest absolute Gasteiger partial charge is 0.410 e. The summed E-state index contributed by atoms with van der Waals surface area (Å²) in [4.78, 5) is 38.1. The van der Waals surface area contributed by atoms with Gasteiger partial charge in [-0.3, -0.25) is 4.79 Å². The van der Waals surface area contributed by atoms with Crippen LogP contribution in [0.5, 0.6) is 0 Å². The number of carbonyl (C=O) groups is 2. The van der Waals surface area contributed by atoms with Gasteiger partial charge in [0.15, 0.2) is 0 Å². The maximum atomic E-state index is 12.6. The molecule has 1 aromatic rings. The molecule has 9 heteroatoms. The topological polar surface area (TPSA) is 109 Å². The summed E-state index contributed by atoms with van der Waals surface area (Å²) >= 11 is 5.89. The number of halogens is 1. The van der Waals surface area contributed by atoms with Crippen molar-refractivity contribution < 1.29 is 24.5 Å². The monoisotopic (exact) mass is 440 g/mol. The maximum absolute atomic E-state index is 12.6. The van der Waals surface area contributed by atoms with E-state index < -0.39 is 34.2 Å². The first-order valence-corrected chi connectivity index (χ1v) is 10.6. The largest absolute Gasteiger partial charge is 0.478 e. The lowest BCUT2D eigenvalue weighted by atomic mass is 9.66. The van der Waals surface area contributed by atoms with E-state index in [4.69, 9.17) is 16.3 Å². The number of aliphatic hydroxyl groups is 1. The predicted octanol–water partition coefficient (Wildman–Crippen LogP) is 3.13. The quantitative estimate of drug-likeness (QED) is 0.747. The first kappa shape index (κ1) is 22.6. The highest BCUT2D eigenvalue weighted by Gasteiger charge is 2.56. The second kappa shape index (κ2) is 7.89. The number of likely N-dealkylation sites (tertiary alicyclic amines) is 1. The zero-order valence-corrected chi connectivity index (χ0v) is 18.4. The number of carboxylic acid groups (broad SMARTS) is 1. The Balaban J connectivity index is 1.90. The van der Waals surface area contributed by atoms with E-state index in [1.165, 1.54) is 10.8 Å². The number of hydrogen-bond donors (Lipinski definition) is 2. The molecule has 2 aliphatic rings. The van der Waals surface area contributed by atoms with Crippen molar-refractivity contribution in [1.82, 2.24) is 9.47 Å². The molecule has 8 nitrogen and oxygen atoms in total. The van der Waals surface area contributed by atoms with Gasteiger partial charge in [-0.05, 0) is 40.0 Å². The zero-order valence-electron chi connectivity index (χ0n) is 17.6. The lowest BCUT2D eigenvalue weighted by molar-refractivity contribution is -0.140. The molecule has 3 rings (SSSR count). The van der Waals surface area contributed by atoms with Crippen LogP contribution < -0.4 is 5.56 Å². The Morgan fingerprint density at radius 1 is 1.23 bits per heavy atom. The first-order chi connectivity index (χ1) is 13.9. The normalized spacial score (nSPS) is 23.6. The van der Waals surface area contributed by atoms with Gasteiger partial charge in [0.05, 0.1) is 22.7 Å². The van der Waals surface area contributed by atoms with E-state index in [0.717, 1.165) is 31.7 Å². The number of piperidine rings is 1. The summed E-state index contributed by atoms with van der Waals surface area (Å²) in [5.74, 6) is -1.24. The third-order valence-electron chi connectivity index (χ3n) is 6.23. The molecule has 1 aliphatic carbocycles. The van der Waals surface area contributed by atoms with E-state index in [-0.39, 0.29) is 23.6 Å². The van der Waals surface area contributed by atoms with Crippen LogP contribution in [0.4, 0.5) is 4.79 Å². The van der Waals surface area contributed by atoms with Crippen molar-refractivity contribution in [2.45, 2.75) is 70.6 Å². The summed E-state index contributed by atoms with van der Waals surface area (Å²) in [5.41, 5.74) is -3.11. The number of hydrogen-bond acceptors (Lipinski definition) is 5. The standard InChI is InChI=1S/C21H29ClN2O6/c1-19(2,3)30-18(28)23-9-8-21(29,20(12-23)6-4-5-7-20)13-24-11-14(17(26)27)15(22)10-16(24)25/h10-11,29H,4-9,12-13H2,1-3H3,(H,26,27). The molecule has 2 fully saturated rings. The SMILES string of the molecule is CC(C)(C)OC(=O)N1CCC(O)(Cn2cc(C(=O)O)c(Cl)cc2=O)C2(CCCC2)C1. The van der Waals surface area contributed by atoms with Gasteiger partial charge in [0, 0.05) is 30.8 Å². The van der Waals surface area contributed by atoms with E-state index in [2.05, 4.69) is 0 Å². The molecule has 2 N–H and O–H groups in total. The molecule has 1 aromatic heterocycles. The zero-order chi connectivity index (χ0) is 22.3. The fraction of sp³-hybridized carbons (Fsp3) is 0.667. The van der Waals surface area contributed by atoms with Gasteiger partial charge < -0.3 is 24.4 Å². The Kier molecular flexibility index (Phi) is 5.95. The van der Waals surface area contributed by atoms with Crippen LogP contribution in [0.25, 0.3) is 0 Å². The second-order valence-corrected chi connectivity index (χ2v) is 9.88. The van der Waals surface area contributed by atoms with Crippen LogP contribution in [0.3, 0.4) is 0 Å². The van der Waals surface area contributed by atoms with Gasteiger partial charge in [0.25, 0.3) is 5.56 Å². The fourth-order valence-electron chi connectivity index (χ4n) is 4.69. The Bertz CT molecular complexity index is 900.